The molecule has 0 unspecified atom stereocenters. The first-order chi connectivity index (χ1) is 3.81. The molecule has 0 amide bonds. The van der Waals surface area contributed by atoms with E-state index in [0.717, 1.165) is 0 Å². The fourth-order valence-electron chi connectivity index (χ4n) is 0.0518. The first-order valence-corrected chi connectivity index (χ1v) is 1.58. The molecule has 0 aliphatic heterocycles. The molecule has 0 aromatic carbocycles. The minimum atomic E-state index is -5.86. The highest BCUT2D eigenvalue weighted by Gasteiger charge is 2.60. The number of hydrogen-bond donors (Lipinski definition) is 0. The van der Waals surface area contributed by atoms with Gasteiger partial charge in [0.2, 0.25) is 0 Å². The highest BCUT2D eigenvalue weighted by molar-refractivity contribution is 4.61. The molecular weight excluding hydrogens is 149 g/mol. The van der Waals surface area contributed by atoms with E-state index in [1.165, 1.54) is 0 Å². The average molecular weight is 149 g/mol. The summed E-state index contributed by atoms with van der Waals surface area (Å²) in [7, 11) is 0. The molecule has 0 saturated carbocycles. The molecule has 2 radical (unpaired) electrons. The van der Waals surface area contributed by atoms with Gasteiger partial charge in [-0.15, -0.1) is 0 Å². The Hall–Kier alpha value is -0.430. The lowest BCUT2D eigenvalue weighted by Crippen LogP contribution is -2.38. The lowest BCUT2D eigenvalue weighted by Gasteiger charge is -2.13. The number of alkyl halides is 5. The van der Waals surface area contributed by atoms with Crippen LogP contribution in [0.1, 0.15) is 0 Å². The van der Waals surface area contributed by atoms with Gasteiger partial charge >= 0.3 is 12.3 Å². The van der Waals surface area contributed by atoms with Crippen LogP contribution in [0.25, 0.3) is 0 Å². The molecule has 0 aliphatic rings. The maximum Gasteiger partial charge on any atom is 0.484 e. The lowest BCUT2D eigenvalue weighted by atomic mass is 10.6. The Balaban J connectivity index is 4.14. The van der Waals surface area contributed by atoms with Gasteiger partial charge in [0, 0.05) is 5.90 Å². The van der Waals surface area contributed by atoms with E-state index in [1.54, 1.807) is 0 Å². The van der Waals surface area contributed by atoms with Crippen LogP contribution in [0.5, 0.6) is 0 Å². The van der Waals surface area contributed by atoms with Crippen molar-refractivity contribution in [2.75, 3.05) is 0 Å². The highest BCUT2D eigenvalue weighted by atomic mass is 19.4. The molecule has 0 aromatic rings. The van der Waals surface area contributed by atoms with Crippen molar-refractivity contribution >= 4 is 0 Å². The molecular formula is C2F5NO. The van der Waals surface area contributed by atoms with Gasteiger partial charge in [-0.2, -0.15) is 26.8 Å². The molecule has 0 spiro atoms. The highest BCUT2D eigenvalue weighted by Crippen LogP contribution is 2.34. The van der Waals surface area contributed by atoms with Gasteiger partial charge in [0.15, 0.2) is 0 Å². The minimum Gasteiger partial charge on any atom is -0.184 e. The van der Waals surface area contributed by atoms with Crippen molar-refractivity contribution in [3.05, 3.63) is 0 Å². The summed E-state index contributed by atoms with van der Waals surface area (Å²) in [5, 5.41) is 0. The largest absolute Gasteiger partial charge is 0.484 e. The molecule has 0 aromatic heterocycles. The van der Waals surface area contributed by atoms with Gasteiger partial charge in [0.25, 0.3) is 0 Å². The monoisotopic (exact) mass is 149 g/mol. The third-order valence-electron chi connectivity index (χ3n) is 0.445. The van der Waals surface area contributed by atoms with E-state index >= 15 is 0 Å². The standard InChI is InChI=1S/C2F5NO/c3-1(4,5)2(6,7)9-8. The van der Waals surface area contributed by atoms with Gasteiger partial charge in [0.1, 0.15) is 0 Å². The van der Waals surface area contributed by atoms with Gasteiger partial charge in [-0.3, -0.25) is 0 Å². The van der Waals surface area contributed by atoms with Gasteiger partial charge < -0.3 is 0 Å². The summed E-state index contributed by atoms with van der Waals surface area (Å²) in [5.41, 5.74) is 0. The summed E-state index contributed by atoms with van der Waals surface area (Å²) in [6.07, 6.45) is -11.3. The summed E-state index contributed by atoms with van der Waals surface area (Å²) in [6.45, 7) is 0. The normalized spacial score (nSPS) is 14.0. The number of nitrogens with zero attached hydrogens (tertiary/aromatic N) is 1. The van der Waals surface area contributed by atoms with Crippen LogP contribution in [0.15, 0.2) is 0 Å². The van der Waals surface area contributed by atoms with Crippen LogP contribution in [0.4, 0.5) is 22.0 Å². The van der Waals surface area contributed by atoms with Crippen molar-refractivity contribution in [2.24, 2.45) is 0 Å². The Morgan fingerprint density at radius 3 is 1.33 bits per heavy atom. The van der Waals surface area contributed by atoms with E-state index in [0.29, 0.717) is 0 Å². The van der Waals surface area contributed by atoms with Gasteiger partial charge in [0.05, 0.1) is 0 Å². The van der Waals surface area contributed by atoms with Crippen molar-refractivity contribution in [3.8, 4) is 0 Å². The summed E-state index contributed by atoms with van der Waals surface area (Å²) in [4.78, 5) is 1.84. The van der Waals surface area contributed by atoms with E-state index in [1.807, 2.05) is 4.84 Å². The summed E-state index contributed by atoms with van der Waals surface area (Å²) < 4.78 is 54.5. The second-order valence-corrected chi connectivity index (χ2v) is 1.11. The van der Waals surface area contributed by atoms with Crippen LogP contribution >= 0.6 is 0 Å². The molecule has 2 nitrogen and oxygen atoms in total. The van der Waals surface area contributed by atoms with E-state index in [-0.39, 0.29) is 0 Å². The van der Waals surface area contributed by atoms with Crippen molar-refractivity contribution in [2.45, 2.75) is 12.3 Å². The summed E-state index contributed by atoms with van der Waals surface area (Å²) >= 11 is 0. The SMILES string of the molecule is [N]OC(F)(F)C(F)(F)F. The zero-order valence-corrected chi connectivity index (χ0v) is 3.75. The van der Waals surface area contributed by atoms with Crippen molar-refractivity contribution in [1.29, 1.82) is 0 Å². The van der Waals surface area contributed by atoms with E-state index < -0.39 is 12.3 Å². The van der Waals surface area contributed by atoms with Crippen LogP contribution in [-0.4, -0.2) is 12.3 Å². The minimum absolute atomic E-state index is 1.84. The van der Waals surface area contributed by atoms with E-state index in [2.05, 4.69) is 0 Å². The molecule has 54 valence electrons. The zero-order valence-electron chi connectivity index (χ0n) is 3.75. The molecule has 0 aliphatic carbocycles. The smallest absolute Gasteiger partial charge is 0.184 e. The third-order valence-corrected chi connectivity index (χ3v) is 0.445. The Kier molecular flexibility index (Phi) is 1.97. The van der Waals surface area contributed by atoms with Crippen LogP contribution in [0.2, 0.25) is 0 Å². The predicted molar refractivity (Wildman–Crippen MR) is 14.2 cm³/mol. The molecule has 0 saturated heterocycles. The first kappa shape index (κ1) is 8.57. The van der Waals surface area contributed by atoms with Gasteiger partial charge in [-0.05, 0) is 0 Å². The topological polar surface area (TPSA) is 31.5 Å². The Bertz CT molecular complexity index is 97.6. The summed E-state index contributed by atoms with van der Waals surface area (Å²) in [6, 6.07) is 0. The van der Waals surface area contributed by atoms with Crippen molar-refractivity contribution in [3.63, 3.8) is 0 Å². The molecule has 0 bridgehead atoms. The quantitative estimate of drug-likeness (QED) is 0.406. The molecule has 0 fully saturated rings. The predicted octanol–water partition coefficient (Wildman–Crippen LogP) is 1.14. The van der Waals surface area contributed by atoms with Gasteiger partial charge in [-0.25, -0.2) is 0 Å². The molecule has 0 atom stereocenters. The Morgan fingerprint density at radius 2 is 1.33 bits per heavy atom. The third kappa shape index (κ3) is 1.75. The lowest BCUT2D eigenvalue weighted by molar-refractivity contribution is -0.396. The van der Waals surface area contributed by atoms with Crippen molar-refractivity contribution < 1.29 is 26.8 Å². The van der Waals surface area contributed by atoms with Crippen LogP contribution < -0.4 is 5.90 Å². The average Bonchev–Trinajstić information content (AvgIpc) is 1.64. The molecule has 7 heteroatoms. The van der Waals surface area contributed by atoms with E-state index in [4.69, 9.17) is 5.90 Å². The molecule has 9 heavy (non-hydrogen) atoms. The number of hydrogen-bond acceptors (Lipinski definition) is 1. The zero-order chi connectivity index (χ0) is 7.71. The van der Waals surface area contributed by atoms with E-state index in [9.17, 15) is 22.0 Å². The second kappa shape index (κ2) is 2.07. The molecule has 0 rings (SSSR count). The Morgan fingerprint density at radius 1 is 1.00 bits per heavy atom. The first-order valence-electron chi connectivity index (χ1n) is 1.58. The fraction of sp³-hybridized carbons (Fsp3) is 1.00. The van der Waals surface area contributed by atoms with Crippen LogP contribution in [0, 0.1) is 0 Å². The summed E-state index contributed by atoms with van der Waals surface area (Å²) in [5.74, 6) is 6.96. The number of rotatable bonds is 1. The van der Waals surface area contributed by atoms with Gasteiger partial charge in [-0.1, -0.05) is 0 Å². The second-order valence-electron chi connectivity index (χ2n) is 1.11. The maximum atomic E-state index is 11.1. The Labute approximate surface area is 46.3 Å². The van der Waals surface area contributed by atoms with Crippen LogP contribution in [0.3, 0.4) is 0 Å². The molecule has 0 heterocycles. The number of halogens is 5. The van der Waals surface area contributed by atoms with Crippen molar-refractivity contribution in [1.82, 2.24) is 5.90 Å². The fourth-order valence-corrected chi connectivity index (χ4v) is 0.0518. The molecule has 0 N–H and O–H groups in total. The maximum absolute atomic E-state index is 11.1. The van der Waals surface area contributed by atoms with Crippen LogP contribution in [-0.2, 0) is 4.84 Å².